The monoisotopic (exact) mass is 658 g/mol. The van der Waals surface area contributed by atoms with Gasteiger partial charge in [-0.25, -0.2) is 0 Å². The van der Waals surface area contributed by atoms with E-state index in [-0.39, 0.29) is 10.3 Å². The summed E-state index contributed by atoms with van der Waals surface area (Å²) >= 11 is 2.35. The Morgan fingerprint density at radius 3 is 1.16 bits per heavy atom. The zero-order valence-corrected chi connectivity index (χ0v) is 31.4. The smallest absolute Gasteiger partial charge is 0.177 e. The van der Waals surface area contributed by atoms with Crippen molar-refractivity contribution < 1.29 is 8.78 Å². The van der Waals surface area contributed by atoms with Gasteiger partial charge in [0.2, 0.25) is 0 Å². The third-order valence-electron chi connectivity index (χ3n) is 10.5. The van der Waals surface area contributed by atoms with E-state index in [0.717, 1.165) is 64.9 Å². The van der Waals surface area contributed by atoms with Crippen molar-refractivity contribution in [3.05, 3.63) is 57.8 Å². The third kappa shape index (κ3) is 5.47. The van der Waals surface area contributed by atoms with Gasteiger partial charge in [0.05, 0.1) is 0 Å². The summed E-state index contributed by atoms with van der Waals surface area (Å²) in [7, 11) is -3.93. The first-order valence-corrected chi connectivity index (χ1v) is 22.4. The zero-order chi connectivity index (χ0) is 32.1. The lowest BCUT2D eigenvalue weighted by atomic mass is 9.91. The minimum absolute atomic E-state index is 0.190. The minimum atomic E-state index is -1.96. The highest BCUT2D eigenvalue weighted by Gasteiger charge is 2.38. The fourth-order valence-electron chi connectivity index (χ4n) is 7.57. The summed E-state index contributed by atoms with van der Waals surface area (Å²) in [5, 5.41) is 5.46. The van der Waals surface area contributed by atoms with E-state index < -0.39 is 16.1 Å². The molecule has 2 aromatic heterocycles. The van der Waals surface area contributed by atoms with Crippen molar-refractivity contribution in [3.63, 3.8) is 0 Å². The van der Waals surface area contributed by atoms with Gasteiger partial charge in [-0.05, 0) is 92.2 Å². The highest BCUT2D eigenvalue weighted by atomic mass is 32.1. The molecule has 5 aromatic rings. The molecule has 0 N–H and O–H groups in total. The van der Waals surface area contributed by atoms with Crippen molar-refractivity contribution in [2.24, 2.45) is 0 Å². The molecule has 0 radical (unpaired) electrons. The third-order valence-corrected chi connectivity index (χ3v) is 24.0. The molecule has 5 rings (SSSR count). The standard InChI is InChI=1S/C38H44F2S2Si2/c1-11-43(23(3)4,24(5)6)15-13-29-31-17-27-19-37(39)42-36(27)22-34(31)30(14-16-44(12-2,25(7)8)26(9)10)32-18-28-20-38(40)41-35(28)21-33(29)32/h17-26H,11-12H2,1-10H3. The van der Waals surface area contributed by atoms with Gasteiger partial charge in [-0.1, -0.05) is 81.1 Å². The molecule has 0 spiro atoms. The second-order valence-electron chi connectivity index (χ2n) is 13.6. The van der Waals surface area contributed by atoms with E-state index in [4.69, 9.17) is 0 Å². The first-order valence-electron chi connectivity index (χ1n) is 16.1. The van der Waals surface area contributed by atoms with Crippen LogP contribution in [-0.4, -0.2) is 16.1 Å². The van der Waals surface area contributed by atoms with E-state index in [1.807, 2.05) is 0 Å². The van der Waals surface area contributed by atoms with Crippen molar-refractivity contribution in [3.8, 4) is 22.9 Å². The second-order valence-corrected chi connectivity index (χ2v) is 26.4. The summed E-state index contributed by atoms with van der Waals surface area (Å²) in [6.45, 7) is 23.2. The van der Waals surface area contributed by atoms with E-state index >= 15 is 0 Å². The Bertz CT molecular complexity index is 1750. The fraction of sp³-hybridized carbons (Fsp3) is 0.421. The van der Waals surface area contributed by atoms with Crippen LogP contribution in [0.1, 0.15) is 80.4 Å². The molecular formula is C38H44F2S2Si2. The Morgan fingerprint density at radius 1 is 0.545 bits per heavy atom. The molecular weight excluding hydrogens is 615 g/mol. The summed E-state index contributed by atoms with van der Waals surface area (Å²) in [6, 6.07) is 13.9. The van der Waals surface area contributed by atoms with Crippen molar-refractivity contribution in [2.45, 2.75) is 103 Å². The summed E-state index contributed by atoms with van der Waals surface area (Å²) in [4.78, 5) is 0. The van der Waals surface area contributed by atoms with Crippen molar-refractivity contribution in [1.82, 2.24) is 0 Å². The normalized spacial score (nSPS) is 12.7. The quantitative estimate of drug-likeness (QED) is 0.0967. The van der Waals surface area contributed by atoms with Crippen LogP contribution in [0, 0.1) is 33.2 Å². The molecule has 3 aromatic carbocycles. The molecule has 0 unspecified atom stereocenters. The van der Waals surface area contributed by atoms with Crippen molar-refractivity contribution >= 4 is 80.5 Å². The predicted octanol–water partition coefficient (Wildman–Crippen LogP) is 13.1. The van der Waals surface area contributed by atoms with Crippen LogP contribution in [0.25, 0.3) is 41.7 Å². The van der Waals surface area contributed by atoms with Crippen LogP contribution in [0.15, 0.2) is 36.4 Å². The van der Waals surface area contributed by atoms with Crippen molar-refractivity contribution in [2.75, 3.05) is 0 Å². The van der Waals surface area contributed by atoms with Gasteiger partial charge in [-0.15, -0.1) is 33.8 Å². The van der Waals surface area contributed by atoms with E-state index in [1.54, 1.807) is 12.1 Å². The van der Waals surface area contributed by atoms with Crippen LogP contribution in [-0.2, 0) is 0 Å². The summed E-state index contributed by atoms with van der Waals surface area (Å²) in [5.74, 6) is 7.54. The van der Waals surface area contributed by atoms with Gasteiger partial charge < -0.3 is 0 Å². The van der Waals surface area contributed by atoms with Crippen LogP contribution >= 0.6 is 22.7 Å². The Hall–Kier alpha value is -2.49. The van der Waals surface area contributed by atoms with E-state index in [1.165, 1.54) is 22.7 Å². The molecule has 0 aliphatic heterocycles. The van der Waals surface area contributed by atoms with E-state index in [2.05, 4.69) is 116 Å². The maximum atomic E-state index is 14.6. The molecule has 0 fully saturated rings. The minimum Gasteiger partial charge on any atom is -0.195 e. The number of rotatable bonds is 6. The average Bonchev–Trinajstić information content (AvgIpc) is 3.51. The SMILES string of the molecule is CC[Si](C#Cc1c2cc3cc(F)sc3cc2c(C#C[Si](CC)(C(C)C)C(C)C)c2cc3cc(F)sc3cc12)(C(C)C)C(C)C. The highest BCUT2D eigenvalue weighted by Crippen LogP contribution is 2.42. The van der Waals surface area contributed by atoms with Gasteiger partial charge in [0, 0.05) is 31.3 Å². The molecule has 44 heavy (non-hydrogen) atoms. The molecule has 0 atom stereocenters. The molecule has 0 saturated carbocycles. The zero-order valence-electron chi connectivity index (χ0n) is 27.8. The first kappa shape index (κ1) is 32.9. The number of halogens is 2. The molecule has 0 saturated heterocycles. The Morgan fingerprint density at radius 2 is 0.864 bits per heavy atom. The molecule has 2 heterocycles. The predicted molar refractivity (Wildman–Crippen MR) is 199 cm³/mol. The summed E-state index contributed by atoms with van der Waals surface area (Å²) in [5.41, 5.74) is 11.8. The van der Waals surface area contributed by atoms with Gasteiger partial charge in [0.25, 0.3) is 0 Å². The lowest BCUT2D eigenvalue weighted by molar-refractivity contribution is 0.658. The van der Waals surface area contributed by atoms with Gasteiger partial charge in [-0.3, -0.25) is 0 Å². The Labute approximate surface area is 272 Å². The largest absolute Gasteiger partial charge is 0.195 e. The van der Waals surface area contributed by atoms with Crippen LogP contribution < -0.4 is 0 Å². The van der Waals surface area contributed by atoms with Gasteiger partial charge in [-0.2, -0.15) is 8.78 Å². The lowest BCUT2D eigenvalue weighted by Gasteiger charge is -2.33. The second kappa shape index (κ2) is 12.4. The Kier molecular flexibility index (Phi) is 9.25. The number of benzene rings is 3. The maximum Gasteiger partial charge on any atom is 0.177 e. The van der Waals surface area contributed by atoms with E-state index in [9.17, 15) is 8.78 Å². The van der Waals surface area contributed by atoms with Crippen LogP contribution in [0.4, 0.5) is 8.78 Å². The van der Waals surface area contributed by atoms with Gasteiger partial charge >= 0.3 is 0 Å². The van der Waals surface area contributed by atoms with Crippen molar-refractivity contribution in [1.29, 1.82) is 0 Å². The molecule has 0 aliphatic carbocycles. The highest BCUT2D eigenvalue weighted by molar-refractivity contribution is 7.18. The fourth-order valence-corrected chi connectivity index (χ4v) is 17.3. The summed E-state index contributed by atoms with van der Waals surface area (Å²) in [6.07, 6.45) is 0. The first-order chi connectivity index (χ1) is 20.8. The van der Waals surface area contributed by atoms with Crippen LogP contribution in [0.5, 0.6) is 0 Å². The number of fused-ring (bicyclic) bond motifs is 4. The van der Waals surface area contributed by atoms with E-state index in [0.29, 0.717) is 22.2 Å². The molecule has 230 valence electrons. The molecule has 6 heteroatoms. The van der Waals surface area contributed by atoms with Crippen LogP contribution in [0.3, 0.4) is 0 Å². The number of hydrogen-bond acceptors (Lipinski definition) is 2. The Balaban J connectivity index is 2.00. The topological polar surface area (TPSA) is 0 Å². The molecule has 0 nitrogen and oxygen atoms in total. The molecule has 0 amide bonds. The molecule has 0 aliphatic rings. The number of thiophene rings is 2. The van der Waals surface area contributed by atoms with Gasteiger partial charge in [0.15, 0.2) is 10.3 Å². The lowest BCUT2D eigenvalue weighted by Crippen LogP contribution is -2.39. The summed E-state index contributed by atoms with van der Waals surface area (Å²) < 4.78 is 31.1. The molecule has 0 bridgehead atoms. The number of hydrogen-bond donors (Lipinski definition) is 0. The average molecular weight is 659 g/mol. The van der Waals surface area contributed by atoms with Gasteiger partial charge in [0.1, 0.15) is 16.1 Å². The maximum absolute atomic E-state index is 14.6. The van der Waals surface area contributed by atoms with Crippen LogP contribution in [0.2, 0.25) is 34.3 Å².